The molecule has 0 unspecified atom stereocenters. The van der Waals surface area contributed by atoms with Crippen molar-refractivity contribution in [1.29, 1.82) is 0 Å². The fourth-order valence-electron chi connectivity index (χ4n) is 1.79. The van der Waals surface area contributed by atoms with E-state index in [9.17, 15) is 9.59 Å². The van der Waals surface area contributed by atoms with Crippen LogP contribution >= 0.6 is 0 Å². The van der Waals surface area contributed by atoms with Gasteiger partial charge in [-0.25, -0.2) is 9.78 Å². The van der Waals surface area contributed by atoms with Gasteiger partial charge >= 0.3 is 5.97 Å². The molecule has 0 fully saturated rings. The lowest BCUT2D eigenvalue weighted by Gasteiger charge is -2.06. The summed E-state index contributed by atoms with van der Waals surface area (Å²) in [5, 5.41) is 11.5. The molecule has 0 aliphatic rings. The Kier molecular flexibility index (Phi) is 4.68. The van der Waals surface area contributed by atoms with E-state index < -0.39 is 5.97 Å². The van der Waals surface area contributed by atoms with Crippen LogP contribution in [-0.2, 0) is 13.1 Å². The minimum Gasteiger partial charge on any atom is -0.476 e. The molecule has 0 bridgehead atoms. The van der Waals surface area contributed by atoms with E-state index in [2.05, 4.69) is 10.3 Å². The quantitative estimate of drug-likeness (QED) is 0.715. The number of nitrogens with zero attached hydrogens (tertiary/aromatic N) is 2. The third-order valence-corrected chi connectivity index (χ3v) is 2.96. The van der Waals surface area contributed by atoms with Crippen molar-refractivity contribution in [3.63, 3.8) is 0 Å². The molecular weight excluding hydrogens is 272 g/mol. The zero-order chi connectivity index (χ0) is 15.2. The van der Waals surface area contributed by atoms with Gasteiger partial charge in [0, 0.05) is 31.4 Å². The van der Waals surface area contributed by atoms with Crippen LogP contribution in [0.1, 0.15) is 26.4 Å². The van der Waals surface area contributed by atoms with Crippen LogP contribution in [0.2, 0.25) is 0 Å². The molecule has 2 aromatic rings. The highest BCUT2D eigenvalue weighted by atomic mass is 16.4. The second kappa shape index (κ2) is 6.67. The molecule has 1 aromatic carbocycles. The molecule has 0 radical (unpaired) electrons. The molecule has 0 saturated heterocycles. The number of carbonyl (C=O) groups is 2. The van der Waals surface area contributed by atoms with Crippen molar-refractivity contribution in [2.75, 3.05) is 6.54 Å². The second-order valence-corrected chi connectivity index (χ2v) is 4.46. The summed E-state index contributed by atoms with van der Waals surface area (Å²) in [5.74, 6) is -1.25. The summed E-state index contributed by atoms with van der Waals surface area (Å²) in [6.07, 6.45) is 2.84. The molecule has 0 saturated carbocycles. The molecule has 0 spiro atoms. The third kappa shape index (κ3) is 3.90. The Morgan fingerprint density at radius 2 is 2.00 bits per heavy atom. The lowest BCUT2D eigenvalue weighted by molar-refractivity contribution is 0.0690. The Hall–Kier alpha value is -2.67. The number of hydrogen-bond donors (Lipinski definition) is 3. The maximum Gasteiger partial charge on any atom is 0.356 e. The van der Waals surface area contributed by atoms with Gasteiger partial charge in [-0.15, -0.1) is 0 Å². The van der Waals surface area contributed by atoms with E-state index in [1.165, 1.54) is 12.5 Å². The van der Waals surface area contributed by atoms with E-state index in [0.29, 0.717) is 25.2 Å². The van der Waals surface area contributed by atoms with Gasteiger partial charge < -0.3 is 20.7 Å². The molecule has 1 amide bonds. The highest BCUT2D eigenvalue weighted by molar-refractivity contribution is 5.94. The largest absolute Gasteiger partial charge is 0.476 e. The van der Waals surface area contributed by atoms with Crippen molar-refractivity contribution >= 4 is 11.9 Å². The predicted octanol–water partition coefficient (Wildman–Crippen LogP) is 0.470. The summed E-state index contributed by atoms with van der Waals surface area (Å²) in [4.78, 5) is 26.3. The molecule has 0 aliphatic carbocycles. The Morgan fingerprint density at radius 3 is 2.57 bits per heavy atom. The summed E-state index contributed by atoms with van der Waals surface area (Å²) in [6, 6.07) is 7.06. The van der Waals surface area contributed by atoms with E-state index in [1.54, 1.807) is 16.7 Å². The van der Waals surface area contributed by atoms with Crippen molar-refractivity contribution in [3.8, 4) is 0 Å². The lowest BCUT2D eigenvalue weighted by Crippen LogP contribution is -2.27. The monoisotopic (exact) mass is 288 g/mol. The number of amides is 1. The summed E-state index contributed by atoms with van der Waals surface area (Å²) in [6.45, 7) is 1.27. The topological polar surface area (TPSA) is 110 Å². The Labute approximate surface area is 121 Å². The number of benzene rings is 1. The maximum atomic E-state index is 11.9. The summed E-state index contributed by atoms with van der Waals surface area (Å²) in [7, 11) is 0. The third-order valence-electron chi connectivity index (χ3n) is 2.96. The maximum absolute atomic E-state index is 11.9. The SMILES string of the molecule is NCc1ccc(C(=O)NCCn2cnc(C(=O)O)c2)cc1. The molecular formula is C14H16N4O3. The first-order valence-electron chi connectivity index (χ1n) is 6.42. The number of imidazole rings is 1. The molecule has 2 rings (SSSR count). The number of carboxylic acid groups (broad SMARTS) is 1. The lowest BCUT2D eigenvalue weighted by atomic mass is 10.1. The van der Waals surface area contributed by atoms with Crippen LogP contribution < -0.4 is 11.1 Å². The molecule has 110 valence electrons. The van der Waals surface area contributed by atoms with Gasteiger partial charge in [-0.05, 0) is 17.7 Å². The Balaban J connectivity index is 1.84. The minimum absolute atomic E-state index is 0.0151. The minimum atomic E-state index is -1.07. The molecule has 1 aromatic heterocycles. The highest BCUT2D eigenvalue weighted by Gasteiger charge is 2.07. The number of aromatic nitrogens is 2. The normalized spacial score (nSPS) is 10.3. The first-order valence-corrected chi connectivity index (χ1v) is 6.42. The molecule has 7 heteroatoms. The predicted molar refractivity (Wildman–Crippen MR) is 75.9 cm³/mol. The van der Waals surface area contributed by atoms with E-state index in [1.807, 2.05) is 12.1 Å². The fourth-order valence-corrected chi connectivity index (χ4v) is 1.79. The van der Waals surface area contributed by atoms with Crippen LogP contribution in [-0.4, -0.2) is 33.1 Å². The molecule has 4 N–H and O–H groups in total. The van der Waals surface area contributed by atoms with Crippen molar-refractivity contribution in [2.24, 2.45) is 5.73 Å². The van der Waals surface area contributed by atoms with Gasteiger partial charge in [0.2, 0.25) is 0 Å². The van der Waals surface area contributed by atoms with Crippen LogP contribution in [0.3, 0.4) is 0 Å². The number of aromatic carboxylic acids is 1. The van der Waals surface area contributed by atoms with Gasteiger partial charge in [0.05, 0.1) is 6.33 Å². The fraction of sp³-hybridized carbons (Fsp3) is 0.214. The number of nitrogens with two attached hydrogens (primary N) is 1. The van der Waals surface area contributed by atoms with Gasteiger partial charge in [0.1, 0.15) is 0 Å². The first kappa shape index (κ1) is 14.7. The average Bonchev–Trinajstić information content (AvgIpc) is 2.96. The zero-order valence-electron chi connectivity index (χ0n) is 11.3. The van der Waals surface area contributed by atoms with Gasteiger partial charge in [0.25, 0.3) is 5.91 Å². The van der Waals surface area contributed by atoms with Gasteiger partial charge in [-0.2, -0.15) is 0 Å². The van der Waals surface area contributed by atoms with E-state index >= 15 is 0 Å². The smallest absolute Gasteiger partial charge is 0.356 e. The molecule has 1 heterocycles. The summed E-state index contributed by atoms with van der Waals surface area (Å²) >= 11 is 0. The van der Waals surface area contributed by atoms with Crippen molar-refractivity contribution in [2.45, 2.75) is 13.1 Å². The molecule has 21 heavy (non-hydrogen) atoms. The Morgan fingerprint density at radius 1 is 1.29 bits per heavy atom. The van der Waals surface area contributed by atoms with Crippen molar-refractivity contribution in [1.82, 2.24) is 14.9 Å². The van der Waals surface area contributed by atoms with Crippen LogP contribution in [0.25, 0.3) is 0 Å². The second-order valence-electron chi connectivity index (χ2n) is 4.46. The molecule has 7 nitrogen and oxygen atoms in total. The summed E-state index contributed by atoms with van der Waals surface area (Å²) < 4.78 is 1.61. The van der Waals surface area contributed by atoms with Gasteiger partial charge in [-0.3, -0.25) is 4.79 Å². The van der Waals surface area contributed by atoms with E-state index in [4.69, 9.17) is 10.8 Å². The Bertz CT molecular complexity index is 634. The average molecular weight is 288 g/mol. The number of carboxylic acids is 1. The van der Waals surface area contributed by atoms with Crippen LogP contribution in [0, 0.1) is 0 Å². The number of hydrogen-bond acceptors (Lipinski definition) is 4. The highest BCUT2D eigenvalue weighted by Crippen LogP contribution is 2.03. The van der Waals surface area contributed by atoms with Crippen molar-refractivity contribution in [3.05, 3.63) is 53.6 Å². The van der Waals surface area contributed by atoms with E-state index in [-0.39, 0.29) is 11.6 Å². The number of carbonyl (C=O) groups excluding carboxylic acids is 1. The van der Waals surface area contributed by atoms with Crippen molar-refractivity contribution < 1.29 is 14.7 Å². The first-order chi connectivity index (χ1) is 10.1. The molecule has 0 atom stereocenters. The number of nitrogens with one attached hydrogen (secondary N) is 1. The van der Waals surface area contributed by atoms with Crippen LogP contribution in [0.5, 0.6) is 0 Å². The summed E-state index contributed by atoms with van der Waals surface area (Å²) in [5.41, 5.74) is 7.00. The zero-order valence-corrected chi connectivity index (χ0v) is 11.3. The standard InChI is InChI=1S/C14H16N4O3/c15-7-10-1-3-11(4-2-10)13(19)16-5-6-18-8-12(14(20)21)17-9-18/h1-4,8-9H,5-7,15H2,(H,16,19)(H,20,21). The van der Waals surface area contributed by atoms with Crippen LogP contribution in [0.4, 0.5) is 0 Å². The van der Waals surface area contributed by atoms with Gasteiger partial charge in [-0.1, -0.05) is 12.1 Å². The van der Waals surface area contributed by atoms with Crippen LogP contribution in [0.15, 0.2) is 36.8 Å². The number of rotatable bonds is 6. The molecule has 0 aliphatic heterocycles. The van der Waals surface area contributed by atoms with E-state index in [0.717, 1.165) is 5.56 Å². The van der Waals surface area contributed by atoms with Gasteiger partial charge in [0.15, 0.2) is 5.69 Å².